The van der Waals surface area contributed by atoms with E-state index in [-0.39, 0.29) is 48.6 Å². The minimum atomic E-state index is -0.550. The summed E-state index contributed by atoms with van der Waals surface area (Å²) in [5.41, 5.74) is 0.510. The van der Waals surface area contributed by atoms with Gasteiger partial charge in [0.05, 0.1) is 18.6 Å². The highest BCUT2D eigenvalue weighted by molar-refractivity contribution is 8.00. The number of unbranched alkanes of at least 4 members (excludes halogenated alkanes) is 3. The Balaban J connectivity index is 1.18. The molecular formula is C28H38FN5O4S. The fraction of sp³-hybridized carbons (Fsp3) is 0.571. The fourth-order valence-electron chi connectivity index (χ4n) is 4.61. The Kier molecular flexibility index (Phi) is 12.4. The van der Waals surface area contributed by atoms with Crippen LogP contribution in [0.1, 0.15) is 74.2 Å². The number of amides is 5. The molecule has 2 heterocycles. The second kappa shape index (κ2) is 16.0. The van der Waals surface area contributed by atoms with Crippen LogP contribution in [0.15, 0.2) is 18.2 Å². The summed E-state index contributed by atoms with van der Waals surface area (Å²) >= 11 is 1.89. The van der Waals surface area contributed by atoms with E-state index in [0.29, 0.717) is 36.6 Å². The van der Waals surface area contributed by atoms with Crippen molar-refractivity contribution in [1.29, 1.82) is 0 Å². The topological polar surface area (TPSA) is 128 Å². The number of urea groups is 1. The highest BCUT2D eigenvalue weighted by atomic mass is 32.2. The molecule has 2 aliphatic rings. The number of hydrogen-bond acceptors (Lipinski definition) is 5. The van der Waals surface area contributed by atoms with Crippen molar-refractivity contribution in [3.8, 4) is 11.8 Å². The van der Waals surface area contributed by atoms with Crippen LogP contribution in [0, 0.1) is 17.7 Å². The lowest BCUT2D eigenvalue weighted by Crippen LogP contribution is -2.36. The van der Waals surface area contributed by atoms with Gasteiger partial charge in [-0.1, -0.05) is 24.8 Å². The van der Waals surface area contributed by atoms with E-state index < -0.39 is 11.7 Å². The van der Waals surface area contributed by atoms with Gasteiger partial charge in [-0.2, -0.15) is 11.8 Å². The maximum absolute atomic E-state index is 14.3. The molecule has 39 heavy (non-hydrogen) atoms. The van der Waals surface area contributed by atoms with E-state index in [0.717, 1.165) is 43.9 Å². The first-order valence-corrected chi connectivity index (χ1v) is 14.6. The molecule has 2 fully saturated rings. The van der Waals surface area contributed by atoms with Gasteiger partial charge >= 0.3 is 6.03 Å². The number of carbonyl (C=O) groups is 4. The number of hydrogen-bond donors (Lipinski definition) is 5. The summed E-state index contributed by atoms with van der Waals surface area (Å²) in [6, 6.07) is 4.53. The Hall–Kier alpha value is -3.26. The first kappa shape index (κ1) is 30.3. The van der Waals surface area contributed by atoms with E-state index in [1.807, 2.05) is 11.8 Å². The second-order valence-corrected chi connectivity index (χ2v) is 11.0. The molecule has 9 nitrogen and oxygen atoms in total. The molecule has 0 spiro atoms. The van der Waals surface area contributed by atoms with Crippen molar-refractivity contribution < 1.29 is 23.6 Å². The minimum absolute atomic E-state index is 0.0423. The summed E-state index contributed by atoms with van der Waals surface area (Å²) < 4.78 is 14.3. The maximum Gasteiger partial charge on any atom is 0.315 e. The van der Waals surface area contributed by atoms with Crippen molar-refractivity contribution in [3.63, 3.8) is 0 Å². The normalized spacial score (nSPS) is 19.2. The molecule has 1 aromatic carbocycles. The van der Waals surface area contributed by atoms with Crippen LogP contribution in [0.25, 0.3) is 0 Å². The van der Waals surface area contributed by atoms with E-state index in [1.54, 1.807) is 6.92 Å². The molecule has 3 atom stereocenters. The molecule has 0 bridgehead atoms. The maximum atomic E-state index is 14.3. The lowest BCUT2D eigenvalue weighted by molar-refractivity contribution is -0.122. The van der Waals surface area contributed by atoms with Crippen LogP contribution in [-0.4, -0.2) is 59.9 Å². The number of nitrogens with one attached hydrogen (secondary N) is 5. The second-order valence-electron chi connectivity index (χ2n) is 9.72. The predicted molar refractivity (Wildman–Crippen MR) is 149 cm³/mol. The van der Waals surface area contributed by atoms with Gasteiger partial charge in [0.2, 0.25) is 11.8 Å². The summed E-state index contributed by atoms with van der Waals surface area (Å²) in [7, 11) is 0. The summed E-state index contributed by atoms with van der Waals surface area (Å²) in [6.45, 7) is 2.50. The van der Waals surface area contributed by atoms with Crippen LogP contribution < -0.4 is 26.6 Å². The molecule has 3 unspecified atom stereocenters. The van der Waals surface area contributed by atoms with Crippen molar-refractivity contribution in [2.24, 2.45) is 0 Å². The summed E-state index contributed by atoms with van der Waals surface area (Å²) in [5, 5.41) is 14.6. The third-order valence-electron chi connectivity index (χ3n) is 6.79. The third-order valence-corrected chi connectivity index (χ3v) is 8.30. The Morgan fingerprint density at radius 1 is 1.03 bits per heavy atom. The summed E-state index contributed by atoms with van der Waals surface area (Å²) in [6.07, 6.45) is 5.86. The average Bonchev–Trinajstić information content (AvgIpc) is 3.47. The molecule has 5 amide bonds. The number of fused-ring (bicyclic) bond motifs is 1. The van der Waals surface area contributed by atoms with Gasteiger partial charge in [-0.3, -0.25) is 14.4 Å². The van der Waals surface area contributed by atoms with Gasteiger partial charge in [0.25, 0.3) is 5.91 Å². The predicted octanol–water partition coefficient (Wildman–Crippen LogP) is 2.60. The molecular weight excluding hydrogens is 521 g/mol. The Bertz CT molecular complexity index is 1090. The highest BCUT2D eigenvalue weighted by Gasteiger charge is 2.42. The quantitative estimate of drug-likeness (QED) is 0.128. The van der Waals surface area contributed by atoms with Gasteiger partial charge in [-0.25, -0.2) is 9.18 Å². The average molecular weight is 560 g/mol. The molecule has 3 rings (SSSR count). The summed E-state index contributed by atoms with van der Waals surface area (Å²) in [4.78, 5) is 47.6. The molecule has 2 saturated heterocycles. The van der Waals surface area contributed by atoms with Crippen molar-refractivity contribution in [2.45, 2.75) is 82.2 Å². The number of halogens is 1. The van der Waals surface area contributed by atoms with Crippen LogP contribution in [0.3, 0.4) is 0 Å². The lowest BCUT2D eigenvalue weighted by atomic mass is 10.0. The van der Waals surface area contributed by atoms with Gasteiger partial charge in [0, 0.05) is 48.1 Å². The molecule has 5 N–H and O–H groups in total. The fourth-order valence-corrected chi connectivity index (χ4v) is 6.15. The molecule has 0 saturated carbocycles. The van der Waals surface area contributed by atoms with Gasteiger partial charge in [-0.15, -0.1) is 5.92 Å². The van der Waals surface area contributed by atoms with E-state index >= 15 is 0 Å². The largest absolute Gasteiger partial charge is 0.356 e. The van der Waals surface area contributed by atoms with Gasteiger partial charge in [0.1, 0.15) is 5.82 Å². The third kappa shape index (κ3) is 10.1. The van der Waals surface area contributed by atoms with Crippen molar-refractivity contribution in [1.82, 2.24) is 26.6 Å². The van der Waals surface area contributed by atoms with E-state index in [2.05, 4.69) is 38.4 Å². The zero-order valence-electron chi connectivity index (χ0n) is 22.4. The number of rotatable bonds is 15. The molecule has 0 aliphatic carbocycles. The van der Waals surface area contributed by atoms with Gasteiger partial charge < -0.3 is 26.6 Å². The smallest absolute Gasteiger partial charge is 0.315 e. The van der Waals surface area contributed by atoms with Crippen molar-refractivity contribution in [2.75, 3.05) is 18.8 Å². The molecule has 1 aromatic rings. The molecule has 0 radical (unpaired) electrons. The van der Waals surface area contributed by atoms with Crippen LogP contribution in [0.5, 0.6) is 0 Å². The van der Waals surface area contributed by atoms with Gasteiger partial charge in [0.15, 0.2) is 0 Å². The molecule has 11 heteroatoms. The highest BCUT2D eigenvalue weighted by Crippen LogP contribution is 2.33. The number of carbonyl (C=O) groups excluding carboxylic acids is 4. The SMILES string of the molecule is CC#CCNC(=O)c1ccc(CNC(=O)CCCCCNC(=O)CCCCC2SCC3NC(=O)NC32)c(F)c1. The standard InChI is InChI=1S/C28H38FN5O4S/c1-2-3-14-31-27(37)19-12-13-20(21(29)16-19)17-32-25(36)10-5-4-8-15-30-24(35)11-7-6-9-23-26-22(18-39-23)33-28(38)34-26/h12-13,16,22-23,26H,4-11,14-15,17-18H2,1H3,(H,30,35)(H,31,37)(H,32,36)(H2,33,34,38). The Morgan fingerprint density at radius 3 is 2.56 bits per heavy atom. The first-order chi connectivity index (χ1) is 18.9. The van der Waals surface area contributed by atoms with Crippen molar-refractivity contribution >= 4 is 35.5 Å². The van der Waals surface area contributed by atoms with E-state index in [9.17, 15) is 23.6 Å². The molecule has 212 valence electrons. The van der Waals surface area contributed by atoms with Crippen LogP contribution in [0.4, 0.5) is 9.18 Å². The Morgan fingerprint density at radius 2 is 1.79 bits per heavy atom. The lowest BCUT2D eigenvalue weighted by Gasteiger charge is -2.16. The van der Waals surface area contributed by atoms with Crippen LogP contribution >= 0.6 is 11.8 Å². The first-order valence-electron chi connectivity index (χ1n) is 13.6. The molecule has 2 aliphatic heterocycles. The number of thioether (sulfide) groups is 1. The van der Waals surface area contributed by atoms with Crippen LogP contribution in [0.2, 0.25) is 0 Å². The summed E-state index contributed by atoms with van der Waals surface area (Å²) in [5.74, 6) is 5.24. The monoisotopic (exact) mass is 559 g/mol. The molecule has 0 aromatic heterocycles. The number of benzene rings is 1. The zero-order chi connectivity index (χ0) is 28.0. The Labute approximate surface area is 233 Å². The van der Waals surface area contributed by atoms with E-state index in [1.165, 1.54) is 12.1 Å². The van der Waals surface area contributed by atoms with Crippen LogP contribution in [-0.2, 0) is 16.1 Å². The van der Waals surface area contributed by atoms with Gasteiger partial charge in [-0.05, 0) is 44.7 Å². The van der Waals surface area contributed by atoms with E-state index in [4.69, 9.17) is 0 Å². The minimum Gasteiger partial charge on any atom is -0.356 e. The zero-order valence-corrected chi connectivity index (χ0v) is 23.2. The van der Waals surface area contributed by atoms with Crippen molar-refractivity contribution in [3.05, 3.63) is 35.1 Å².